The van der Waals surface area contributed by atoms with E-state index in [0.717, 1.165) is 5.69 Å². The van der Waals surface area contributed by atoms with Gasteiger partial charge in [-0.25, -0.2) is 0 Å². The van der Waals surface area contributed by atoms with Crippen LogP contribution in [0.15, 0.2) is 28.9 Å². The minimum Gasteiger partial charge on any atom is -0.338 e. The van der Waals surface area contributed by atoms with E-state index < -0.39 is 0 Å². The molecule has 0 aliphatic rings. The quantitative estimate of drug-likeness (QED) is 0.916. The van der Waals surface area contributed by atoms with Crippen molar-refractivity contribution in [2.24, 2.45) is 0 Å². The lowest BCUT2D eigenvalue weighted by atomic mass is 9.92. The van der Waals surface area contributed by atoms with Gasteiger partial charge in [0.1, 0.15) is 5.69 Å². The highest BCUT2D eigenvalue weighted by molar-refractivity contribution is 6.30. The van der Waals surface area contributed by atoms with Gasteiger partial charge in [-0.2, -0.15) is 0 Å². The molecule has 0 aliphatic heterocycles. The van der Waals surface area contributed by atoms with E-state index in [1.807, 2.05) is 20.8 Å². The van der Waals surface area contributed by atoms with Gasteiger partial charge in [0.15, 0.2) is 0 Å². The van der Waals surface area contributed by atoms with Crippen molar-refractivity contribution < 1.29 is 9.32 Å². The fourth-order valence-corrected chi connectivity index (χ4v) is 1.55. The second-order valence-corrected chi connectivity index (χ2v) is 5.58. The average molecular weight is 280 g/mol. The molecule has 0 radical (unpaired) electrons. The Hall–Kier alpha value is -1.88. The highest BCUT2D eigenvalue weighted by Gasteiger charge is 2.20. The number of hydrogen-bond donors (Lipinski definition) is 1. The predicted molar refractivity (Wildman–Crippen MR) is 72.4 cm³/mol. The first-order valence-electron chi connectivity index (χ1n) is 5.76. The van der Waals surface area contributed by atoms with E-state index in [4.69, 9.17) is 16.1 Å². The number of amides is 1. The van der Waals surface area contributed by atoms with Crippen LogP contribution in [0.2, 0.25) is 5.02 Å². The van der Waals surface area contributed by atoms with E-state index in [1.54, 1.807) is 12.1 Å². The van der Waals surface area contributed by atoms with Crippen LogP contribution < -0.4 is 5.32 Å². The average Bonchev–Trinajstić information content (AvgIpc) is 2.77. The lowest BCUT2D eigenvalue weighted by molar-refractivity contribution is 0.101. The Morgan fingerprint density at radius 3 is 2.68 bits per heavy atom. The molecule has 2 rings (SSSR count). The minimum absolute atomic E-state index is 0.138. The molecule has 2 aromatic heterocycles. The molecule has 2 aromatic rings. The first-order chi connectivity index (χ1) is 8.86. The standard InChI is InChI=1S/C13H14ClN3O2/c1-13(2,3)10-7-11(19-17-10)16-12(18)9-6-8(14)4-5-15-9/h4-7H,1-3H3,(H,16,18). The van der Waals surface area contributed by atoms with Crippen LogP contribution in [0.4, 0.5) is 5.88 Å². The van der Waals surface area contributed by atoms with E-state index >= 15 is 0 Å². The number of nitrogens with one attached hydrogen (secondary N) is 1. The first-order valence-corrected chi connectivity index (χ1v) is 6.14. The summed E-state index contributed by atoms with van der Waals surface area (Å²) in [7, 11) is 0. The van der Waals surface area contributed by atoms with Gasteiger partial charge in [0.25, 0.3) is 5.91 Å². The largest absolute Gasteiger partial charge is 0.338 e. The normalized spacial score (nSPS) is 11.4. The summed E-state index contributed by atoms with van der Waals surface area (Å²) in [5, 5.41) is 6.96. The van der Waals surface area contributed by atoms with E-state index in [-0.39, 0.29) is 22.9 Å². The summed E-state index contributed by atoms with van der Waals surface area (Å²) < 4.78 is 5.07. The summed E-state index contributed by atoms with van der Waals surface area (Å²) in [6.07, 6.45) is 1.47. The molecule has 0 aromatic carbocycles. The van der Waals surface area contributed by atoms with Crippen LogP contribution in [0.3, 0.4) is 0 Å². The lowest BCUT2D eigenvalue weighted by Gasteiger charge is -2.12. The number of aromatic nitrogens is 2. The monoisotopic (exact) mass is 279 g/mol. The highest BCUT2D eigenvalue weighted by Crippen LogP contribution is 2.23. The molecule has 6 heteroatoms. The fourth-order valence-electron chi connectivity index (χ4n) is 1.39. The third-order valence-electron chi connectivity index (χ3n) is 2.47. The highest BCUT2D eigenvalue weighted by atomic mass is 35.5. The van der Waals surface area contributed by atoms with Crippen molar-refractivity contribution in [3.63, 3.8) is 0 Å². The third kappa shape index (κ3) is 3.32. The van der Waals surface area contributed by atoms with Crippen molar-refractivity contribution in [1.82, 2.24) is 10.1 Å². The van der Waals surface area contributed by atoms with Crippen LogP contribution in [0, 0.1) is 0 Å². The molecular weight excluding hydrogens is 266 g/mol. The summed E-state index contributed by atoms with van der Waals surface area (Å²) >= 11 is 5.80. The Labute approximate surface area is 116 Å². The Bertz CT molecular complexity index is 602. The summed E-state index contributed by atoms with van der Waals surface area (Å²) in [5.41, 5.74) is 0.851. The smallest absolute Gasteiger partial charge is 0.276 e. The number of rotatable bonds is 2. The van der Waals surface area contributed by atoms with Gasteiger partial charge in [-0.05, 0) is 12.1 Å². The van der Waals surface area contributed by atoms with E-state index in [9.17, 15) is 4.79 Å². The molecule has 1 amide bonds. The zero-order valence-electron chi connectivity index (χ0n) is 10.9. The van der Waals surface area contributed by atoms with Gasteiger partial charge < -0.3 is 4.52 Å². The SMILES string of the molecule is CC(C)(C)c1cc(NC(=O)c2cc(Cl)ccn2)on1. The Kier molecular flexibility index (Phi) is 3.57. The molecule has 0 bridgehead atoms. The van der Waals surface area contributed by atoms with Crippen LogP contribution >= 0.6 is 11.6 Å². The van der Waals surface area contributed by atoms with Gasteiger partial charge in [0.05, 0.1) is 5.69 Å². The summed E-state index contributed by atoms with van der Waals surface area (Å²) in [6, 6.07) is 4.78. The summed E-state index contributed by atoms with van der Waals surface area (Å²) in [4.78, 5) is 15.8. The zero-order valence-corrected chi connectivity index (χ0v) is 11.7. The zero-order chi connectivity index (χ0) is 14.0. The van der Waals surface area contributed by atoms with E-state index in [2.05, 4.69) is 15.5 Å². The number of hydrogen-bond acceptors (Lipinski definition) is 4. The molecule has 0 saturated heterocycles. The molecule has 0 aliphatic carbocycles. The van der Waals surface area contributed by atoms with Crippen LogP contribution in [0.5, 0.6) is 0 Å². The number of anilines is 1. The van der Waals surface area contributed by atoms with Gasteiger partial charge in [0.2, 0.25) is 5.88 Å². The Morgan fingerprint density at radius 2 is 2.11 bits per heavy atom. The number of halogens is 1. The molecule has 5 nitrogen and oxygen atoms in total. The van der Waals surface area contributed by atoms with Crippen molar-refractivity contribution in [3.05, 3.63) is 40.8 Å². The molecule has 1 N–H and O–H groups in total. The van der Waals surface area contributed by atoms with Crippen molar-refractivity contribution >= 4 is 23.4 Å². The van der Waals surface area contributed by atoms with Crippen molar-refractivity contribution in [3.8, 4) is 0 Å². The second kappa shape index (κ2) is 5.01. The van der Waals surface area contributed by atoms with Crippen molar-refractivity contribution in [2.75, 3.05) is 5.32 Å². The predicted octanol–water partition coefficient (Wildman–Crippen LogP) is 3.27. The molecule has 0 fully saturated rings. The molecule has 2 heterocycles. The van der Waals surface area contributed by atoms with Gasteiger partial charge in [-0.3, -0.25) is 15.1 Å². The molecule has 0 atom stereocenters. The maximum Gasteiger partial charge on any atom is 0.276 e. The number of nitrogens with zero attached hydrogens (tertiary/aromatic N) is 2. The molecule has 0 unspecified atom stereocenters. The van der Waals surface area contributed by atoms with Crippen LogP contribution in [-0.4, -0.2) is 16.0 Å². The molecular formula is C13H14ClN3O2. The maximum absolute atomic E-state index is 11.9. The van der Waals surface area contributed by atoms with Gasteiger partial charge in [0, 0.05) is 22.7 Å². The van der Waals surface area contributed by atoms with Crippen LogP contribution in [0.1, 0.15) is 37.0 Å². The van der Waals surface area contributed by atoms with E-state index in [1.165, 1.54) is 12.3 Å². The van der Waals surface area contributed by atoms with Gasteiger partial charge in [-0.15, -0.1) is 0 Å². The topological polar surface area (TPSA) is 68.0 Å². The maximum atomic E-state index is 11.9. The van der Waals surface area contributed by atoms with Crippen LogP contribution in [-0.2, 0) is 5.41 Å². The lowest BCUT2D eigenvalue weighted by Crippen LogP contribution is -2.13. The van der Waals surface area contributed by atoms with Gasteiger partial charge >= 0.3 is 0 Å². The second-order valence-electron chi connectivity index (χ2n) is 5.14. The summed E-state index contributed by atoms with van der Waals surface area (Å²) in [5.74, 6) is -0.101. The van der Waals surface area contributed by atoms with Gasteiger partial charge in [-0.1, -0.05) is 37.5 Å². The number of pyridine rings is 1. The van der Waals surface area contributed by atoms with Crippen molar-refractivity contribution in [1.29, 1.82) is 0 Å². The molecule has 0 saturated carbocycles. The fraction of sp³-hybridized carbons (Fsp3) is 0.308. The van der Waals surface area contributed by atoms with E-state index in [0.29, 0.717) is 5.02 Å². The first kappa shape index (κ1) is 13.5. The van der Waals surface area contributed by atoms with Crippen LogP contribution in [0.25, 0.3) is 0 Å². The molecule has 100 valence electrons. The molecule has 0 spiro atoms. The Balaban J connectivity index is 2.13. The van der Waals surface area contributed by atoms with Crippen molar-refractivity contribution in [2.45, 2.75) is 26.2 Å². The Morgan fingerprint density at radius 1 is 1.37 bits per heavy atom. The number of carbonyl (C=O) groups is 1. The minimum atomic E-state index is -0.390. The summed E-state index contributed by atoms with van der Waals surface area (Å²) in [6.45, 7) is 6.03. The number of carbonyl (C=O) groups excluding carboxylic acids is 1. The third-order valence-corrected chi connectivity index (χ3v) is 2.71. The molecule has 19 heavy (non-hydrogen) atoms.